The van der Waals surface area contributed by atoms with Crippen LogP contribution in [0, 0.1) is 18.6 Å². The third kappa shape index (κ3) is 12.2. The SMILES string of the molecule is Cc1cccc(-c2nn(C)c3ncnc(N)c23)c1.Cn1nc(-c2cc(O)cc(Cl)c2)c2c(N)ncnc21.Cn1nc(-c2cc(O)cc(F)c2)c2c(N)ncnc21.Cn1nc(-c2ccc(O)c(F)c2)c2c(N)ncnc21.Cn1nc(-c2ccc3cn[nH]c3c2)c2c(N)ncnc21. The molecule has 16 rings (SSSR count). The van der Waals surface area contributed by atoms with Gasteiger partial charge >= 0.3 is 0 Å². The number of anilines is 5. The Hall–Kier alpha value is -13.1. The van der Waals surface area contributed by atoms with Crippen LogP contribution in [0.15, 0.2) is 135 Å². The van der Waals surface area contributed by atoms with Gasteiger partial charge in [0.15, 0.2) is 39.8 Å². The van der Waals surface area contributed by atoms with Gasteiger partial charge < -0.3 is 44.0 Å². The zero-order valence-corrected chi connectivity index (χ0v) is 51.7. The van der Waals surface area contributed by atoms with Gasteiger partial charge in [-0.1, -0.05) is 47.5 Å². The lowest BCUT2D eigenvalue weighted by atomic mass is 10.1. The van der Waals surface area contributed by atoms with Crippen LogP contribution in [-0.2, 0) is 35.2 Å². The molecule has 0 fully saturated rings. The van der Waals surface area contributed by atoms with E-state index in [0.717, 1.165) is 61.6 Å². The van der Waals surface area contributed by atoms with E-state index in [9.17, 15) is 24.1 Å². The van der Waals surface area contributed by atoms with Gasteiger partial charge in [-0.15, -0.1) is 0 Å². The van der Waals surface area contributed by atoms with Crippen molar-refractivity contribution in [2.75, 3.05) is 28.7 Å². The minimum Gasteiger partial charge on any atom is -0.508 e. The first-order chi connectivity index (χ1) is 45.6. The number of phenols is 3. The van der Waals surface area contributed by atoms with Gasteiger partial charge in [0.2, 0.25) is 0 Å². The van der Waals surface area contributed by atoms with Crippen molar-refractivity contribution in [3.63, 3.8) is 0 Å². The lowest BCUT2D eigenvalue weighted by Gasteiger charge is -2.01. The Balaban J connectivity index is 0.000000114. The van der Waals surface area contributed by atoms with E-state index in [1.807, 2.05) is 44.4 Å². The number of aryl methyl sites for hydroxylation is 6. The summed E-state index contributed by atoms with van der Waals surface area (Å²) in [5.41, 5.74) is 41.5. The number of aromatic hydroxyl groups is 3. The number of phenolic OH excluding ortho intramolecular Hbond substituents is 3. The minimum atomic E-state index is -0.716. The summed E-state index contributed by atoms with van der Waals surface area (Å²) in [4.78, 5) is 40.7. The second kappa shape index (κ2) is 25.3. The summed E-state index contributed by atoms with van der Waals surface area (Å²) in [6, 6.07) is 26.6. The summed E-state index contributed by atoms with van der Waals surface area (Å²) in [6.45, 7) is 2.05. The molecule has 0 amide bonds. The van der Waals surface area contributed by atoms with E-state index in [1.54, 1.807) is 64.3 Å². The number of rotatable bonds is 5. The van der Waals surface area contributed by atoms with E-state index in [-0.39, 0.29) is 23.1 Å². The van der Waals surface area contributed by atoms with E-state index in [0.29, 0.717) is 89.3 Å². The normalized spacial score (nSPS) is 11.1. The van der Waals surface area contributed by atoms with Crippen LogP contribution in [0.3, 0.4) is 0 Å². The smallest absolute Gasteiger partial charge is 0.165 e. The summed E-state index contributed by atoms with van der Waals surface area (Å²) < 4.78 is 34.9. The number of halogens is 3. The van der Waals surface area contributed by atoms with Crippen molar-refractivity contribution >= 4 is 107 Å². The topological polar surface area (TPSA) is 437 Å². The fourth-order valence-corrected chi connectivity index (χ4v) is 10.7. The number of nitrogens with one attached hydrogen (secondary N) is 1. The van der Waals surface area contributed by atoms with Gasteiger partial charge in [-0.05, 0) is 67.6 Å². The average Bonchev–Trinajstić information content (AvgIpc) is 1.68. The number of aromatic nitrogens is 22. The summed E-state index contributed by atoms with van der Waals surface area (Å²) in [7, 11) is 8.89. The highest BCUT2D eigenvalue weighted by Crippen LogP contribution is 2.37. The van der Waals surface area contributed by atoms with Crippen LogP contribution in [-0.4, -0.2) is 124 Å². The molecule has 14 N–H and O–H groups in total. The Morgan fingerprint density at radius 2 is 0.789 bits per heavy atom. The average molecular weight is 1300 g/mol. The molecule has 11 aromatic heterocycles. The van der Waals surface area contributed by atoms with Gasteiger partial charge in [-0.3, -0.25) is 5.10 Å². The van der Waals surface area contributed by atoms with Crippen molar-refractivity contribution in [2.24, 2.45) is 35.2 Å². The number of fused-ring (bicyclic) bond motifs is 6. The summed E-state index contributed by atoms with van der Waals surface area (Å²) in [6.07, 6.45) is 8.76. The van der Waals surface area contributed by atoms with Crippen LogP contribution < -0.4 is 28.7 Å². The van der Waals surface area contributed by atoms with Crippen molar-refractivity contribution in [3.8, 4) is 73.5 Å². The van der Waals surface area contributed by atoms with Gasteiger partial charge in [-0.2, -0.15) is 30.6 Å². The number of benzene rings is 5. The van der Waals surface area contributed by atoms with E-state index < -0.39 is 17.4 Å². The monoisotopic (exact) mass is 1300 g/mol. The number of nitrogens with zero attached hydrogens (tertiary/aromatic N) is 21. The molecule has 0 spiro atoms. The molecule has 0 aliphatic carbocycles. The van der Waals surface area contributed by atoms with Crippen LogP contribution in [0.5, 0.6) is 17.2 Å². The first-order valence-corrected chi connectivity index (χ1v) is 28.6. The molecule has 0 aliphatic heterocycles. The Kier molecular flexibility index (Phi) is 16.5. The molecule has 0 unspecified atom stereocenters. The molecule has 11 heterocycles. The quantitative estimate of drug-likeness (QED) is 0.0782. The fraction of sp³-hybridized carbons (Fsp3) is 0.0968. The molecule has 0 atom stereocenters. The first-order valence-electron chi connectivity index (χ1n) is 28.3. The molecule has 0 saturated carbocycles. The van der Waals surface area contributed by atoms with Crippen molar-refractivity contribution in [2.45, 2.75) is 6.92 Å². The third-order valence-electron chi connectivity index (χ3n) is 14.8. The summed E-state index contributed by atoms with van der Waals surface area (Å²) in [5.74, 6) is -0.0106. The predicted octanol–water partition coefficient (Wildman–Crippen LogP) is 8.30. The van der Waals surface area contributed by atoms with E-state index in [2.05, 4.69) is 105 Å². The van der Waals surface area contributed by atoms with Gasteiger partial charge in [0, 0.05) is 79.5 Å². The molecule has 0 saturated heterocycles. The molecular formula is C62H54ClF2N27O3. The first kappa shape index (κ1) is 62.1. The van der Waals surface area contributed by atoms with Crippen molar-refractivity contribution in [1.29, 1.82) is 0 Å². The second-order valence-corrected chi connectivity index (χ2v) is 21.7. The summed E-state index contributed by atoms with van der Waals surface area (Å²) >= 11 is 5.94. The zero-order valence-electron chi connectivity index (χ0n) is 51.0. The van der Waals surface area contributed by atoms with E-state index in [4.69, 9.17) is 40.3 Å². The molecule has 0 aliphatic rings. The molecule has 33 heteroatoms. The van der Waals surface area contributed by atoms with Crippen LogP contribution in [0.4, 0.5) is 37.9 Å². The second-order valence-electron chi connectivity index (χ2n) is 21.3. The van der Waals surface area contributed by atoms with Crippen molar-refractivity contribution < 1.29 is 24.1 Å². The van der Waals surface area contributed by atoms with Crippen LogP contribution >= 0.6 is 11.6 Å². The minimum absolute atomic E-state index is 0.0664. The maximum Gasteiger partial charge on any atom is 0.165 e. The number of hydrogen-bond acceptors (Lipinski definition) is 24. The number of nitrogen functional groups attached to an aromatic ring is 5. The van der Waals surface area contributed by atoms with Crippen molar-refractivity contribution in [1.82, 2.24) is 109 Å². The Bertz CT molecular complexity index is 5430. The van der Waals surface area contributed by atoms with E-state index >= 15 is 0 Å². The molecule has 30 nitrogen and oxygen atoms in total. The molecule has 476 valence electrons. The molecule has 0 radical (unpaired) electrons. The highest BCUT2D eigenvalue weighted by molar-refractivity contribution is 6.31. The number of aromatic amines is 1. The molecule has 95 heavy (non-hydrogen) atoms. The maximum absolute atomic E-state index is 13.4. The Morgan fingerprint density at radius 3 is 1.19 bits per heavy atom. The molecular weight excluding hydrogens is 1240 g/mol. The lowest BCUT2D eigenvalue weighted by Crippen LogP contribution is -1.95. The number of H-pyrrole nitrogens is 1. The highest BCUT2D eigenvalue weighted by atomic mass is 35.5. The van der Waals surface area contributed by atoms with Crippen molar-refractivity contribution in [3.05, 3.63) is 157 Å². The van der Waals surface area contributed by atoms with Gasteiger partial charge in [0.1, 0.15) is 107 Å². The van der Waals surface area contributed by atoms with Crippen LogP contribution in [0.25, 0.3) is 122 Å². The predicted molar refractivity (Wildman–Crippen MR) is 355 cm³/mol. The van der Waals surface area contributed by atoms with Gasteiger partial charge in [0.25, 0.3) is 0 Å². The largest absolute Gasteiger partial charge is 0.508 e. The fourth-order valence-electron chi connectivity index (χ4n) is 10.5. The molecule has 16 aromatic rings. The van der Waals surface area contributed by atoms with Crippen LogP contribution in [0.1, 0.15) is 5.56 Å². The Labute approximate surface area is 539 Å². The standard InChI is InChI=1S/C13H11N7.C13H13N5.C12H10ClN5O.2C12H10FN5O/c1-20-13-10(12(14)15-6-16-13)11(19-20)7-2-3-8-5-17-18-9(8)4-7;1-8-4-3-5-9(6-8)11-10-12(14)15-7-16-13(10)18(2)17-11;2*1-18-12-9(11(14)15-5-16-12)10(17-18)6-2-7(13)4-8(19)3-6;1-18-12-9(11(14)15-5-16-12)10(17-18)6-2-3-8(19)7(13)4-6/h2-6H,1H3,(H,17,18)(H2,14,15,16);3-7H,1-2H3,(H2,14,15,16);3*2-5,19H,1H3,(H2,14,15,16). The number of hydrogen-bond donors (Lipinski definition) is 9. The lowest BCUT2D eigenvalue weighted by molar-refractivity contribution is 0.432. The maximum atomic E-state index is 13.4. The Morgan fingerprint density at radius 1 is 0.411 bits per heavy atom. The third-order valence-corrected chi connectivity index (χ3v) is 15.0. The van der Waals surface area contributed by atoms with Crippen LogP contribution in [0.2, 0.25) is 5.02 Å². The number of nitrogens with two attached hydrogens (primary N) is 5. The summed E-state index contributed by atoms with van der Waals surface area (Å²) in [5, 5.41) is 62.0. The van der Waals surface area contributed by atoms with E-state index in [1.165, 1.54) is 72.2 Å². The highest BCUT2D eigenvalue weighted by Gasteiger charge is 2.21. The zero-order chi connectivity index (χ0) is 67.1. The van der Waals surface area contributed by atoms with Gasteiger partial charge in [-0.25, -0.2) is 82.0 Å². The molecule has 5 aromatic carbocycles. The molecule has 0 bridgehead atoms. The van der Waals surface area contributed by atoms with Gasteiger partial charge in [0.05, 0.1) is 38.6 Å².